The number of likely N-dealkylation sites (tertiary alicyclic amines) is 1. The van der Waals surface area contributed by atoms with E-state index in [0.717, 1.165) is 44.3 Å². The van der Waals surface area contributed by atoms with Crippen LogP contribution in [-0.4, -0.2) is 23.9 Å². The van der Waals surface area contributed by atoms with Gasteiger partial charge in [-0.15, -0.1) is 0 Å². The second-order valence-corrected chi connectivity index (χ2v) is 6.96. The molecule has 1 aliphatic heterocycles. The van der Waals surface area contributed by atoms with E-state index in [1.165, 1.54) is 23.1 Å². The minimum atomic E-state index is 0.309. The van der Waals surface area contributed by atoms with Crippen LogP contribution in [-0.2, 0) is 24.2 Å². The summed E-state index contributed by atoms with van der Waals surface area (Å²) in [7, 11) is 0. The van der Waals surface area contributed by atoms with E-state index in [-0.39, 0.29) is 0 Å². The first-order chi connectivity index (χ1) is 12.2. The van der Waals surface area contributed by atoms with Crippen LogP contribution in [0.3, 0.4) is 0 Å². The summed E-state index contributed by atoms with van der Waals surface area (Å²) in [6.45, 7) is 2.48. The Hall–Kier alpha value is -2.13. The second-order valence-electron chi connectivity index (χ2n) is 6.96. The third kappa shape index (κ3) is 5.17. The van der Waals surface area contributed by atoms with Gasteiger partial charge in [0.25, 0.3) is 0 Å². The Kier molecular flexibility index (Phi) is 6.24. The monoisotopic (exact) mass is 336 g/mol. The number of rotatable bonds is 6. The molecule has 0 radical (unpaired) electrons. The molecule has 3 rings (SSSR count). The molecule has 2 aromatic carbocycles. The molecule has 1 saturated heterocycles. The van der Waals surface area contributed by atoms with E-state index in [0.29, 0.717) is 18.9 Å². The van der Waals surface area contributed by atoms with Crippen molar-refractivity contribution in [3.63, 3.8) is 0 Å². The summed E-state index contributed by atoms with van der Waals surface area (Å²) in [6, 6.07) is 17.2. The van der Waals surface area contributed by atoms with Crippen molar-refractivity contribution in [3.05, 3.63) is 70.8 Å². The molecule has 1 fully saturated rings. The van der Waals surface area contributed by atoms with Crippen LogP contribution in [0.2, 0.25) is 0 Å². The molecule has 0 spiro atoms. The van der Waals surface area contributed by atoms with Gasteiger partial charge in [0.1, 0.15) is 0 Å². The van der Waals surface area contributed by atoms with Crippen LogP contribution >= 0.6 is 0 Å². The van der Waals surface area contributed by atoms with Crippen molar-refractivity contribution in [2.24, 2.45) is 5.73 Å². The van der Waals surface area contributed by atoms with Gasteiger partial charge < -0.3 is 10.6 Å². The maximum absolute atomic E-state index is 12.2. The van der Waals surface area contributed by atoms with Gasteiger partial charge in [-0.2, -0.15) is 0 Å². The summed E-state index contributed by atoms with van der Waals surface area (Å²) in [5.41, 5.74) is 10.6. The lowest BCUT2D eigenvalue weighted by molar-refractivity contribution is -0.132. The fourth-order valence-corrected chi connectivity index (χ4v) is 3.41. The molecule has 0 saturated carbocycles. The SMILES string of the molecule is NCc1ccc(Cc2ccc(CCC(=O)N3CCCCC3)cc2)cc1. The van der Waals surface area contributed by atoms with Gasteiger partial charge in [-0.25, -0.2) is 0 Å². The number of nitrogens with zero attached hydrogens (tertiary/aromatic N) is 1. The minimum absolute atomic E-state index is 0.309. The van der Waals surface area contributed by atoms with Crippen LogP contribution in [0.15, 0.2) is 48.5 Å². The molecule has 0 unspecified atom stereocenters. The largest absolute Gasteiger partial charge is 0.343 e. The molecule has 0 bridgehead atoms. The highest BCUT2D eigenvalue weighted by Gasteiger charge is 2.15. The van der Waals surface area contributed by atoms with Gasteiger partial charge in [0.2, 0.25) is 5.91 Å². The molecule has 1 amide bonds. The molecule has 25 heavy (non-hydrogen) atoms. The molecule has 3 heteroatoms. The van der Waals surface area contributed by atoms with Gasteiger partial charge in [-0.3, -0.25) is 4.79 Å². The molecular formula is C22H28N2O. The molecule has 1 heterocycles. The minimum Gasteiger partial charge on any atom is -0.343 e. The van der Waals surface area contributed by atoms with Gasteiger partial charge in [-0.1, -0.05) is 48.5 Å². The Labute approximate surface area is 150 Å². The van der Waals surface area contributed by atoms with E-state index in [2.05, 4.69) is 48.5 Å². The first-order valence-corrected chi connectivity index (χ1v) is 9.38. The average molecular weight is 336 g/mol. The molecular weight excluding hydrogens is 308 g/mol. The van der Waals surface area contributed by atoms with Crippen molar-refractivity contribution in [2.75, 3.05) is 13.1 Å². The molecule has 3 nitrogen and oxygen atoms in total. The first-order valence-electron chi connectivity index (χ1n) is 9.38. The third-order valence-corrected chi connectivity index (χ3v) is 5.03. The van der Waals surface area contributed by atoms with Gasteiger partial charge in [-0.05, 0) is 54.4 Å². The Morgan fingerprint density at radius 2 is 1.32 bits per heavy atom. The fraction of sp³-hybridized carbons (Fsp3) is 0.409. The summed E-state index contributed by atoms with van der Waals surface area (Å²) in [5.74, 6) is 0.309. The van der Waals surface area contributed by atoms with E-state index in [1.807, 2.05) is 4.90 Å². The summed E-state index contributed by atoms with van der Waals surface area (Å²) >= 11 is 0. The number of hydrogen-bond donors (Lipinski definition) is 1. The lowest BCUT2D eigenvalue weighted by atomic mass is 10.0. The van der Waals surface area contributed by atoms with Crippen molar-refractivity contribution in [1.29, 1.82) is 0 Å². The maximum Gasteiger partial charge on any atom is 0.222 e. The van der Waals surface area contributed by atoms with Crippen molar-refractivity contribution in [3.8, 4) is 0 Å². The topological polar surface area (TPSA) is 46.3 Å². The third-order valence-electron chi connectivity index (χ3n) is 5.03. The van der Waals surface area contributed by atoms with Gasteiger partial charge in [0.05, 0.1) is 0 Å². The number of piperidine rings is 1. The Balaban J connectivity index is 1.50. The smallest absolute Gasteiger partial charge is 0.222 e. The van der Waals surface area contributed by atoms with E-state index in [1.54, 1.807) is 0 Å². The normalized spacial score (nSPS) is 14.5. The van der Waals surface area contributed by atoms with Gasteiger partial charge in [0, 0.05) is 26.1 Å². The van der Waals surface area contributed by atoms with E-state index >= 15 is 0 Å². The highest BCUT2D eigenvalue weighted by atomic mass is 16.2. The van der Waals surface area contributed by atoms with Crippen molar-refractivity contribution >= 4 is 5.91 Å². The van der Waals surface area contributed by atoms with Crippen molar-refractivity contribution in [2.45, 2.75) is 45.1 Å². The van der Waals surface area contributed by atoms with Crippen LogP contribution in [0, 0.1) is 0 Å². The molecule has 0 aromatic heterocycles. The number of nitrogens with two attached hydrogens (primary N) is 1. The predicted octanol–water partition coefficient (Wildman–Crippen LogP) is 3.68. The zero-order chi connectivity index (χ0) is 17.5. The maximum atomic E-state index is 12.2. The van der Waals surface area contributed by atoms with Crippen LogP contribution in [0.25, 0.3) is 0 Å². The molecule has 2 N–H and O–H groups in total. The number of hydrogen-bond acceptors (Lipinski definition) is 2. The molecule has 0 atom stereocenters. The highest BCUT2D eigenvalue weighted by Crippen LogP contribution is 2.15. The van der Waals surface area contributed by atoms with E-state index in [4.69, 9.17) is 5.73 Å². The summed E-state index contributed by atoms with van der Waals surface area (Å²) in [6.07, 6.45) is 5.97. The number of carbonyl (C=O) groups excluding carboxylic acids is 1. The second kappa shape index (κ2) is 8.82. The van der Waals surface area contributed by atoms with Crippen molar-refractivity contribution < 1.29 is 4.79 Å². The first kappa shape index (κ1) is 17.7. The molecule has 0 aliphatic carbocycles. The number of benzene rings is 2. The lowest BCUT2D eigenvalue weighted by Crippen LogP contribution is -2.35. The molecule has 2 aromatic rings. The number of carbonyl (C=O) groups is 1. The number of aryl methyl sites for hydroxylation is 1. The molecule has 1 aliphatic rings. The van der Waals surface area contributed by atoms with Gasteiger partial charge in [0.15, 0.2) is 0 Å². The van der Waals surface area contributed by atoms with Crippen LogP contribution in [0.4, 0.5) is 0 Å². The zero-order valence-corrected chi connectivity index (χ0v) is 14.9. The fourth-order valence-electron chi connectivity index (χ4n) is 3.41. The quantitative estimate of drug-likeness (QED) is 0.874. The predicted molar refractivity (Wildman–Crippen MR) is 102 cm³/mol. The Morgan fingerprint density at radius 1 is 0.800 bits per heavy atom. The Bertz CT molecular complexity index is 670. The van der Waals surface area contributed by atoms with Crippen molar-refractivity contribution in [1.82, 2.24) is 4.90 Å². The standard InChI is InChI=1S/C22H28N2O/c23-17-21-10-8-20(9-11-21)16-19-6-4-18(5-7-19)12-13-22(25)24-14-2-1-3-15-24/h4-11H,1-3,12-17,23H2. The zero-order valence-electron chi connectivity index (χ0n) is 14.9. The average Bonchev–Trinajstić information content (AvgIpc) is 2.68. The van der Waals surface area contributed by atoms with E-state index in [9.17, 15) is 4.79 Å². The molecule has 132 valence electrons. The summed E-state index contributed by atoms with van der Waals surface area (Å²) < 4.78 is 0. The van der Waals surface area contributed by atoms with Gasteiger partial charge >= 0.3 is 0 Å². The number of amides is 1. The van der Waals surface area contributed by atoms with Crippen LogP contribution in [0.1, 0.15) is 47.9 Å². The highest BCUT2D eigenvalue weighted by molar-refractivity contribution is 5.76. The van der Waals surface area contributed by atoms with E-state index < -0.39 is 0 Å². The Morgan fingerprint density at radius 3 is 1.88 bits per heavy atom. The lowest BCUT2D eigenvalue weighted by Gasteiger charge is -2.26. The van der Waals surface area contributed by atoms with Crippen LogP contribution in [0.5, 0.6) is 0 Å². The summed E-state index contributed by atoms with van der Waals surface area (Å²) in [5, 5.41) is 0. The summed E-state index contributed by atoms with van der Waals surface area (Å²) in [4.78, 5) is 14.3. The van der Waals surface area contributed by atoms with Crippen LogP contribution < -0.4 is 5.73 Å².